The zero-order chi connectivity index (χ0) is 15.1. The summed E-state index contributed by atoms with van der Waals surface area (Å²) in [4.78, 5) is 11.8. The van der Waals surface area contributed by atoms with Crippen LogP contribution in [-0.4, -0.2) is 18.6 Å². The molecule has 1 atom stereocenters. The molecule has 2 aromatic carbocycles. The fraction of sp³-hybridized carbons (Fsp3) is 0.188. The number of nitrogens with one attached hydrogen (secondary N) is 3. The summed E-state index contributed by atoms with van der Waals surface area (Å²) in [6.45, 7) is 2.51. The van der Waals surface area contributed by atoms with Crippen LogP contribution in [0.25, 0.3) is 0 Å². The molecule has 0 saturated carbocycles. The number of carbonyl (C=O) groups excluding carboxylic acids is 1. The fourth-order valence-corrected chi connectivity index (χ4v) is 1.80. The lowest BCUT2D eigenvalue weighted by Gasteiger charge is -2.16. The molecule has 0 unspecified atom stereocenters. The van der Waals surface area contributed by atoms with Gasteiger partial charge in [0.05, 0.1) is 0 Å². The Hall–Kier alpha value is -2.56. The van der Waals surface area contributed by atoms with Crippen molar-refractivity contribution in [2.45, 2.75) is 13.0 Å². The van der Waals surface area contributed by atoms with Gasteiger partial charge in [0.15, 0.2) is 0 Å². The number of halogens is 1. The molecule has 0 aliphatic carbocycles. The van der Waals surface area contributed by atoms with Gasteiger partial charge >= 0.3 is 6.03 Å². The van der Waals surface area contributed by atoms with E-state index in [1.807, 2.05) is 37.3 Å². The van der Waals surface area contributed by atoms with E-state index in [0.717, 1.165) is 5.69 Å². The molecule has 0 bridgehead atoms. The topological polar surface area (TPSA) is 53.2 Å². The minimum absolute atomic E-state index is 0.0503. The summed E-state index contributed by atoms with van der Waals surface area (Å²) < 4.78 is 12.8. The number of urea groups is 1. The standard InChI is InChI=1S/C16H18FN3O/c1-12(11-18-14-5-3-2-4-6-14)19-16(21)20-15-9-7-13(17)8-10-15/h2-10,12,18H,11H2,1H3,(H2,19,20,21)/t12-/m1/s1. The maximum atomic E-state index is 12.8. The third-order valence-corrected chi connectivity index (χ3v) is 2.87. The summed E-state index contributed by atoms with van der Waals surface area (Å²) in [6.07, 6.45) is 0. The number of carbonyl (C=O) groups is 1. The summed E-state index contributed by atoms with van der Waals surface area (Å²) in [7, 11) is 0. The second-order valence-corrected chi connectivity index (χ2v) is 4.75. The molecule has 0 aliphatic rings. The molecule has 0 heterocycles. The lowest BCUT2D eigenvalue weighted by atomic mass is 10.3. The first-order valence-electron chi connectivity index (χ1n) is 6.75. The van der Waals surface area contributed by atoms with Crippen molar-refractivity contribution in [3.05, 3.63) is 60.4 Å². The Bertz CT molecular complexity index is 572. The van der Waals surface area contributed by atoms with Crippen LogP contribution in [0.15, 0.2) is 54.6 Å². The van der Waals surface area contributed by atoms with Gasteiger partial charge in [0.2, 0.25) is 0 Å². The highest BCUT2D eigenvalue weighted by atomic mass is 19.1. The third-order valence-electron chi connectivity index (χ3n) is 2.87. The van der Waals surface area contributed by atoms with Crippen molar-refractivity contribution >= 4 is 17.4 Å². The van der Waals surface area contributed by atoms with Crippen LogP contribution in [0.5, 0.6) is 0 Å². The van der Waals surface area contributed by atoms with Gasteiger partial charge in [-0.1, -0.05) is 18.2 Å². The van der Waals surface area contributed by atoms with E-state index in [-0.39, 0.29) is 17.9 Å². The molecule has 0 fully saturated rings. The van der Waals surface area contributed by atoms with E-state index in [1.54, 1.807) is 0 Å². The minimum atomic E-state index is -0.332. The Morgan fingerprint density at radius 1 is 1.05 bits per heavy atom. The van der Waals surface area contributed by atoms with E-state index in [4.69, 9.17) is 0 Å². The van der Waals surface area contributed by atoms with Crippen LogP contribution in [0, 0.1) is 5.82 Å². The van der Waals surface area contributed by atoms with Gasteiger partial charge in [0, 0.05) is 24.0 Å². The summed E-state index contributed by atoms with van der Waals surface area (Å²) in [5, 5.41) is 8.69. The van der Waals surface area contributed by atoms with Crippen molar-refractivity contribution in [2.75, 3.05) is 17.2 Å². The zero-order valence-electron chi connectivity index (χ0n) is 11.8. The SMILES string of the molecule is C[C@H](CNc1ccccc1)NC(=O)Nc1ccc(F)cc1. The van der Waals surface area contributed by atoms with E-state index in [9.17, 15) is 9.18 Å². The molecular weight excluding hydrogens is 269 g/mol. The predicted molar refractivity (Wildman–Crippen MR) is 82.9 cm³/mol. The number of anilines is 2. The number of hydrogen-bond acceptors (Lipinski definition) is 2. The molecule has 2 rings (SSSR count). The summed E-state index contributed by atoms with van der Waals surface area (Å²) >= 11 is 0. The highest BCUT2D eigenvalue weighted by Crippen LogP contribution is 2.08. The van der Waals surface area contributed by atoms with Crippen LogP contribution in [-0.2, 0) is 0 Å². The molecule has 0 radical (unpaired) electrons. The van der Waals surface area contributed by atoms with Crippen molar-refractivity contribution in [3.63, 3.8) is 0 Å². The first kappa shape index (κ1) is 14.8. The predicted octanol–water partition coefficient (Wildman–Crippen LogP) is 3.45. The summed E-state index contributed by atoms with van der Waals surface area (Å²) in [5.41, 5.74) is 1.56. The molecule has 0 saturated heterocycles. The summed E-state index contributed by atoms with van der Waals surface area (Å²) in [5.74, 6) is -0.332. The van der Waals surface area contributed by atoms with Crippen LogP contribution in [0.4, 0.5) is 20.6 Å². The Kier molecular flexibility index (Phi) is 5.15. The lowest BCUT2D eigenvalue weighted by molar-refractivity contribution is 0.249. The zero-order valence-corrected chi connectivity index (χ0v) is 11.8. The minimum Gasteiger partial charge on any atom is -0.383 e. The Morgan fingerprint density at radius 2 is 1.71 bits per heavy atom. The van der Waals surface area contributed by atoms with E-state index in [2.05, 4.69) is 16.0 Å². The van der Waals surface area contributed by atoms with E-state index >= 15 is 0 Å². The van der Waals surface area contributed by atoms with Gasteiger partial charge in [-0.05, 0) is 43.3 Å². The molecule has 3 N–H and O–H groups in total. The monoisotopic (exact) mass is 287 g/mol. The van der Waals surface area contributed by atoms with Crippen molar-refractivity contribution in [1.82, 2.24) is 5.32 Å². The normalized spacial score (nSPS) is 11.5. The van der Waals surface area contributed by atoms with Crippen molar-refractivity contribution in [3.8, 4) is 0 Å². The van der Waals surface area contributed by atoms with Gasteiger partial charge < -0.3 is 16.0 Å². The molecule has 0 aliphatic heterocycles. The van der Waals surface area contributed by atoms with Gasteiger partial charge in [0.25, 0.3) is 0 Å². The van der Waals surface area contributed by atoms with E-state index in [0.29, 0.717) is 12.2 Å². The molecule has 110 valence electrons. The maximum Gasteiger partial charge on any atom is 0.319 e. The highest BCUT2D eigenvalue weighted by Gasteiger charge is 2.07. The molecule has 0 spiro atoms. The van der Waals surface area contributed by atoms with E-state index < -0.39 is 0 Å². The molecule has 0 aromatic heterocycles. The lowest BCUT2D eigenvalue weighted by Crippen LogP contribution is -2.40. The quantitative estimate of drug-likeness (QED) is 0.789. The summed E-state index contributed by atoms with van der Waals surface area (Å²) in [6, 6.07) is 15.0. The molecule has 5 heteroatoms. The number of benzene rings is 2. The van der Waals surface area contributed by atoms with Crippen molar-refractivity contribution in [2.24, 2.45) is 0 Å². The Labute approximate surface area is 123 Å². The highest BCUT2D eigenvalue weighted by molar-refractivity contribution is 5.89. The fourth-order valence-electron chi connectivity index (χ4n) is 1.80. The van der Waals surface area contributed by atoms with Gasteiger partial charge in [0.1, 0.15) is 5.82 Å². The van der Waals surface area contributed by atoms with Gasteiger partial charge in [-0.15, -0.1) is 0 Å². The maximum absolute atomic E-state index is 12.8. The van der Waals surface area contributed by atoms with Crippen molar-refractivity contribution < 1.29 is 9.18 Å². The Balaban J connectivity index is 1.75. The molecular formula is C16H18FN3O. The molecule has 2 amide bonds. The first-order chi connectivity index (χ1) is 10.1. The average molecular weight is 287 g/mol. The smallest absolute Gasteiger partial charge is 0.319 e. The van der Waals surface area contributed by atoms with Crippen molar-refractivity contribution in [1.29, 1.82) is 0 Å². The average Bonchev–Trinajstić information content (AvgIpc) is 2.48. The van der Waals surface area contributed by atoms with Gasteiger partial charge in [-0.3, -0.25) is 0 Å². The van der Waals surface area contributed by atoms with Crippen LogP contribution >= 0.6 is 0 Å². The second-order valence-electron chi connectivity index (χ2n) is 4.75. The van der Waals surface area contributed by atoms with E-state index in [1.165, 1.54) is 24.3 Å². The second kappa shape index (κ2) is 7.28. The van der Waals surface area contributed by atoms with Crippen LogP contribution in [0.1, 0.15) is 6.92 Å². The van der Waals surface area contributed by atoms with Gasteiger partial charge in [-0.2, -0.15) is 0 Å². The molecule has 4 nitrogen and oxygen atoms in total. The molecule has 21 heavy (non-hydrogen) atoms. The van der Waals surface area contributed by atoms with Crippen LogP contribution < -0.4 is 16.0 Å². The number of hydrogen-bond donors (Lipinski definition) is 3. The largest absolute Gasteiger partial charge is 0.383 e. The molecule has 2 aromatic rings. The van der Waals surface area contributed by atoms with Crippen LogP contribution in [0.2, 0.25) is 0 Å². The number of amides is 2. The van der Waals surface area contributed by atoms with Crippen LogP contribution in [0.3, 0.4) is 0 Å². The third kappa shape index (κ3) is 5.14. The number of para-hydroxylation sites is 1. The Morgan fingerprint density at radius 3 is 2.38 bits per heavy atom. The van der Waals surface area contributed by atoms with Gasteiger partial charge in [-0.25, -0.2) is 9.18 Å². The first-order valence-corrected chi connectivity index (χ1v) is 6.75. The number of rotatable bonds is 5.